The molecule has 1 heterocycles. The summed E-state index contributed by atoms with van der Waals surface area (Å²) in [4.78, 5) is 25.8. The fourth-order valence-corrected chi connectivity index (χ4v) is 4.61. The van der Waals surface area contributed by atoms with Crippen LogP contribution in [-0.4, -0.2) is 35.2 Å². The van der Waals surface area contributed by atoms with Gasteiger partial charge in [-0.05, 0) is 64.5 Å². The maximum Gasteiger partial charge on any atom is 0.254 e. The molecule has 154 valence electrons. The lowest BCUT2D eigenvalue weighted by Crippen LogP contribution is -2.38. The van der Waals surface area contributed by atoms with Gasteiger partial charge in [-0.1, -0.05) is 12.2 Å². The van der Waals surface area contributed by atoms with Crippen molar-refractivity contribution < 1.29 is 19.1 Å². The zero-order valence-electron chi connectivity index (χ0n) is 17.4. The molecule has 5 rings (SSSR count). The van der Waals surface area contributed by atoms with E-state index in [-0.39, 0.29) is 47.7 Å². The highest BCUT2D eigenvalue weighted by atomic mass is 16.5. The predicted molar refractivity (Wildman–Crippen MR) is 110 cm³/mol. The molecule has 6 nitrogen and oxygen atoms in total. The van der Waals surface area contributed by atoms with E-state index in [0.29, 0.717) is 17.1 Å². The Labute approximate surface area is 171 Å². The van der Waals surface area contributed by atoms with Gasteiger partial charge in [-0.2, -0.15) is 10.1 Å². The van der Waals surface area contributed by atoms with Gasteiger partial charge in [0.15, 0.2) is 0 Å². The Morgan fingerprint density at radius 2 is 1.55 bits per heavy atom. The number of benzene rings is 1. The minimum absolute atomic E-state index is 0.0314. The van der Waals surface area contributed by atoms with Gasteiger partial charge in [0.2, 0.25) is 0 Å². The summed E-state index contributed by atoms with van der Waals surface area (Å²) in [6, 6.07) is 5.49. The van der Waals surface area contributed by atoms with Crippen molar-refractivity contribution in [2.75, 3.05) is 0 Å². The van der Waals surface area contributed by atoms with Gasteiger partial charge in [0.05, 0.1) is 30.3 Å². The molecule has 1 aliphatic heterocycles. The van der Waals surface area contributed by atoms with Crippen LogP contribution in [0.2, 0.25) is 0 Å². The second kappa shape index (κ2) is 7.65. The second-order valence-corrected chi connectivity index (χ2v) is 8.61. The Balaban J connectivity index is 1.58. The van der Waals surface area contributed by atoms with Crippen LogP contribution >= 0.6 is 0 Å². The first-order chi connectivity index (χ1) is 13.8. The number of hydrogen-bond donors (Lipinski definition) is 0. The maximum absolute atomic E-state index is 12.9. The summed E-state index contributed by atoms with van der Waals surface area (Å²) in [6.07, 6.45) is 7.72. The van der Waals surface area contributed by atoms with E-state index in [9.17, 15) is 9.59 Å². The number of amides is 2. The van der Waals surface area contributed by atoms with Gasteiger partial charge in [0.1, 0.15) is 11.5 Å². The molecule has 1 aromatic rings. The summed E-state index contributed by atoms with van der Waals surface area (Å²) in [5.41, 5.74) is 0.700. The molecular weight excluding hydrogens is 368 g/mol. The van der Waals surface area contributed by atoms with Crippen LogP contribution in [0.3, 0.4) is 0 Å². The van der Waals surface area contributed by atoms with Gasteiger partial charge in [-0.3, -0.25) is 9.59 Å². The van der Waals surface area contributed by atoms with E-state index in [1.165, 1.54) is 0 Å². The van der Waals surface area contributed by atoms with E-state index < -0.39 is 0 Å². The number of ether oxygens (including phenoxy) is 2. The lowest BCUT2D eigenvalue weighted by molar-refractivity contribution is -0.140. The molecule has 1 saturated heterocycles. The SMILES string of the molecule is CC(C)Oc1ccc(/C=N\N2C(=O)[C@@H]3[C@@H](C2=O)[C@H]2C=C[C@H]3CC2)c(OC(C)C)c1. The average molecular weight is 396 g/mol. The van der Waals surface area contributed by atoms with Crippen LogP contribution in [0.5, 0.6) is 11.5 Å². The van der Waals surface area contributed by atoms with Crippen molar-refractivity contribution in [1.82, 2.24) is 5.01 Å². The molecule has 4 atom stereocenters. The topological polar surface area (TPSA) is 68.2 Å². The van der Waals surface area contributed by atoms with Crippen LogP contribution in [0.25, 0.3) is 0 Å². The number of nitrogens with zero attached hydrogens (tertiary/aromatic N) is 2. The zero-order valence-corrected chi connectivity index (χ0v) is 17.4. The number of allylic oxidation sites excluding steroid dienone is 2. The molecule has 0 radical (unpaired) electrons. The number of imide groups is 1. The van der Waals surface area contributed by atoms with Crippen LogP contribution in [-0.2, 0) is 9.59 Å². The molecule has 6 heteroatoms. The summed E-state index contributed by atoms with van der Waals surface area (Å²) in [6.45, 7) is 7.81. The minimum Gasteiger partial charge on any atom is -0.491 e. The van der Waals surface area contributed by atoms with Crippen LogP contribution in [0, 0.1) is 23.7 Å². The van der Waals surface area contributed by atoms with Crippen LogP contribution < -0.4 is 9.47 Å². The molecule has 0 aromatic heterocycles. The summed E-state index contributed by atoms with van der Waals surface area (Å²) in [5, 5.41) is 5.37. The monoisotopic (exact) mass is 396 g/mol. The number of hydrazone groups is 1. The van der Waals surface area contributed by atoms with Crippen molar-refractivity contribution >= 4 is 18.0 Å². The molecule has 0 N–H and O–H groups in total. The number of carbonyl (C=O) groups excluding carboxylic acids is 2. The Bertz CT molecular complexity index is 842. The van der Waals surface area contributed by atoms with Crippen molar-refractivity contribution in [2.24, 2.45) is 28.8 Å². The molecule has 0 spiro atoms. The van der Waals surface area contributed by atoms with Gasteiger partial charge in [-0.15, -0.1) is 0 Å². The highest BCUT2D eigenvalue weighted by Crippen LogP contribution is 2.49. The van der Waals surface area contributed by atoms with Gasteiger partial charge < -0.3 is 9.47 Å². The molecule has 2 bridgehead atoms. The smallest absolute Gasteiger partial charge is 0.254 e. The minimum atomic E-state index is -0.253. The standard InChI is InChI=1S/C23H28N2O4/c1-13(2)28-18-10-9-17(19(11-18)29-14(3)4)12-24-25-22(26)20-15-5-6-16(8-7-15)21(20)23(25)27/h5-6,9-16,20-21H,7-8H2,1-4H3/b24-12-/t15-,16-,20-,21-/m0/s1. The summed E-state index contributed by atoms with van der Waals surface area (Å²) in [5.74, 6) is 0.772. The van der Waals surface area contributed by atoms with Crippen molar-refractivity contribution in [3.63, 3.8) is 0 Å². The predicted octanol–water partition coefficient (Wildman–Crippen LogP) is 3.79. The zero-order chi connectivity index (χ0) is 20.7. The average Bonchev–Trinajstić information content (AvgIpc) is 2.94. The molecule has 3 aliphatic carbocycles. The van der Waals surface area contributed by atoms with Crippen molar-refractivity contribution in [3.8, 4) is 11.5 Å². The van der Waals surface area contributed by atoms with Gasteiger partial charge in [0, 0.05) is 11.6 Å². The highest BCUT2D eigenvalue weighted by molar-refractivity contribution is 6.06. The molecule has 4 aliphatic rings. The first kappa shape index (κ1) is 19.7. The van der Waals surface area contributed by atoms with Crippen molar-refractivity contribution in [3.05, 3.63) is 35.9 Å². The lowest BCUT2D eigenvalue weighted by Gasteiger charge is -2.37. The highest BCUT2D eigenvalue weighted by Gasteiger charge is 2.56. The second-order valence-electron chi connectivity index (χ2n) is 8.61. The summed E-state index contributed by atoms with van der Waals surface area (Å²) in [7, 11) is 0. The van der Waals surface area contributed by atoms with E-state index >= 15 is 0 Å². The quantitative estimate of drug-likeness (QED) is 0.417. The Morgan fingerprint density at radius 1 is 0.966 bits per heavy atom. The summed E-state index contributed by atoms with van der Waals surface area (Å²) < 4.78 is 11.7. The van der Waals surface area contributed by atoms with Crippen LogP contribution in [0.1, 0.15) is 46.1 Å². The molecule has 1 aromatic carbocycles. The van der Waals surface area contributed by atoms with E-state index in [0.717, 1.165) is 17.9 Å². The molecule has 2 fully saturated rings. The maximum atomic E-state index is 12.9. The third kappa shape index (κ3) is 3.68. The van der Waals surface area contributed by atoms with Crippen LogP contribution in [0.15, 0.2) is 35.5 Å². The first-order valence-corrected chi connectivity index (χ1v) is 10.4. The fraction of sp³-hybridized carbons (Fsp3) is 0.522. The third-order valence-corrected chi connectivity index (χ3v) is 5.77. The molecular formula is C23H28N2O4. The number of rotatable bonds is 6. The van der Waals surface area contributed by atoms with Crippen molar-refractivity contribution in [2.45, 2.75) is 52.7 Å². The van der Waals surface area contributed by atoms with Gasteiger partial charge in [0.25, 0.3) is 11.8 Å². The van der Waals surface area contributed by atoms with Gasteiger partial charge >= 0.3 is 0 Å². The Hall–Kier alpha value is -2.63. The third-order valence-electron chi connectivity index (χ3n) is 5.77. The van der Waals surface area contributed by atoms with Crippen molar-refractivity contribution in [1.29, 1.82) is 0 Å². The molecule has 2 amide bonds. The number of hydrogen-bond acceptors (Lipinski definition) is 5. The van der Waals surface area contributed by atoms with E-state index in [1.807, 2.05) is 45.9 Å². The molecule has 1 saturated carbocycles. The van der Waals surface area contributed by atoms with E-state index in [2.05, 4.69) is 17.3 Å². The number of fused-ring (bicyclic) bond motifs is 1. The normalized spacial score (nSPS) is 28.1. The Kier molecular flexibility index (Phi) is 5.19. The molecule has 0 unspecified atom stereocenters. The van der Waals surface area contributed by atoms with E-state index in [1.54, 1.807) is 6.21 Å². The fourth-order valence-electron chi connectivity index (χ4n) is 4.61. The summed E-state index contributed by atoms with van der Waals surface area (Å²) >= 11 is 0. The largest absolute Gasteiger partial charge is 0.491 e. The Morgan fingerprint density at radius 3 is 2.07 bits per heavy atom. The number of carbonyl (C=O) groups is 2. The van der Waals surface area contributed by atoms with E-state index in [4.69, 9.17) is 9.47 Å². The van der Waals surface area contributed by atoms with Crippen LogP contribution in [0.4, 0.5) is 0 Å². The lowest BCUT2D eigenvalue weighted by atomic mass is 9.63. The first-order valence-electron chi connectivity index (χ1n) is 10.4. The molecule has 29 heavy (non-hydrogen) atoms. The van der Waals surface area contributed by atoms with Gasteiger partial charge in [-0.25, -0.2) is 0 Å².